The van der Waals surface area contributed by atoms with E-state index in [0.29, 0.717) is 13.0 Å². The molecule has 3 heteroatoms. The zero-order valence-electron chi connectivity index (χ0n) is 9.91. The van der Waals surface area contributed by atoms with Crippen molar-refractivity contribution in [2.75, 3.05) is 6.54 Å². The van der Waals surface area contributed by atoms with Gasteiger partial charge in [-0.05, 0) is 37.4 Å². The third kappa shape index (κ3) is 3.34. The summed E-state index contributed by atoms with van der Waals surface area (Å²) >= 11 is 0. The molecule has 0 atom stereocenters. The largest absolute Gasteiger partial charge is 0.0977 e. The van der Waals surface area contributed by atoms with Crippen molar-refractivity contribution in [1.82, 2.24) is 0 Å². The standard InChI is InChI=1S/C13H15N3/c1-10-8-11(2)13(12(3)9-10)6-4-5-7-15-16-14/h8-9H,5,7H2,1-3H3. The smallest absolute Gasteiger partial charge is 0.0367 e. The molecule has 0 saturated carbocycles. The van der Waals surface area contributed by atoms with Crippen molar-refractivity contribution in [3.63, 3.8) is 0 Å². The van der Waals surface area contributed by atoms with Gasteiger partial charge in [0.2, 0.25) is 0 Å². The van der Waals surface area contributed by atoms with Gasteiger partial charge in [-0.2, -0.15) is 0 Å². The summed E-state index contributed by atoms with van der Waals surface area (Å²) in [5.74, 6) is 6.16. The summed E-state index contributed by atoms with van der Waals surface area (Å²) in [5.41, 5.74) is 12.9. The van der Waals surface area contributed by atoms with Crippen molar-refractivity contribution < 1.29 is 0 Å². The summed E-state index contributed by atoms with van der Waals surface area (Å²) < 4.78 is 0. The van der Waals surface area contributed by atoms with Gasteiger partial charge in [0.25, 0.3) is 0 Å². The second-order valence-electron chi connectivity index (χ2n) is 3.78. The number of aryl methyl sites for hydroxylation is 3. The normalized spacial score (nSPS) is 8.94. The predicted octanol–water partition coefficient (Wildman–Crippen LogP) is 3.66. The summed E-state index contributed by atoms with van der Waals surface area (Å²) in [5, 5.41) is 3.44. The number of azide groups is 1. The van der Waals surface area contributed by atoms with E-state index < -0.39 is 0 Å². The van der Waals surface area contributed by atoms with Gasteiger partial charge in [0.05, 0.1) is 0 Å². The van der Waals surface area contributed by atoms with Gasteiger partial charge < -0.3 is 0 Å². The average Bonchev–Trinajstić information content (AvgIpc) is 2.20. The molecule has 0 fully saturated rings. The number of hydrogen-bond donors (Lipinski definition) is 0. The molecule has 0 spiro atoms. The zero-order valence-corrected chi connectivity index (χ0v) is 9.91. The van der Waals surface area contributed by atoms with Gasteiger partial charge in [0.15, 0.2) is 0 Å². The van der Waals surface area contributed by atoms with Crippen molar-refractivity contribution in [2.45, 2.75) is 27.2 Å². The summed E-state index contributed by atoms with van der Waals surface area (Å²) in [6.07, 6.45) is 0.608. The molecule has 1 aromatic carbocycles. The molecule has 0 N–H and O–H groups in total. The fourth-order valence-corrected chi connectivity index (χ4v) is 1.68. The molecule has 0 aromatic heterocycles. The van der Waals surface area contributed by atoms with Crippen LogP contribution in [0.5, 0.6) is 0 Å². The van der Waals surface area contributed by atoms with Crippen LogP contribution in [-0.4, -0.2) is 6.54 Å². The van der Waals surface area contributed by atoms with E-state index in [2.05, 4.69) is 54.8 Å². The van der Waals surface area contributed by atoms with Crippen LogP contribution >= 0.6 is 0 Å². The Morgan fingerprint density at radius 3 is 2.44 bits per heavy atom. The number of rotatable bonds is 2. The van der Waals surface area contributed by atoms with E-state index in [1.54, 1.807) is 0 Å². The Hall–Kier alpha value is -1.91. The fraction of sp³-hybridized carbons (Fsp3) is 0.385. The molecular weight excluding hydrogens is 198 g/mol. The Balaban J connectivity index is 2.84. The molecule has 0 unspecified atom stereocenters. The minimum absolute atomic E-state index is 0.438. The van der Waals surface area contributed by atoms with E-state index >= 15 is 0 Å². The lowest BCUT2D eigenvalue weighted by atomic mass is 10.0. The Morgan fingerprint density at radius 2 is 1.88 bits per heavy atom. The molecule has 0 aliphatic carbocycles. The van der Waals surface area contributed by atoms with Gasteiger partial charge >= 0.3 is 0 Å². The summed E-state index contributed by atoms with van der Waals surface area (Å²) in [4.78, 5) is 2.68. The molecule has 1 rings (SSSR count). The first-order valence-electron chi connectivity index (χ1n) is 5.22. The second-order valence-corrected chi connectivity index (χ2v) is 3.78. The SMILES string of the molecule is Cc1cc(C)c(C#CCCN=[N+]=[N-])c(C)c1. The number of hydrogen-bond acceptors (Lipinski definition) is 1. The third-order valence-corrected chi connectivity index (χ3v) is 2.29. The monoisotopic (exact) mass is 213 g/mol. The molecule has 16 heavy (non-hydrogen) atoms. The topological polar surface area (TPSA) is 48.8 Å². The first-order chi connectivity index (χ1) is 7.65. The average molecular weight is 213 g/mol. The number of nitrogens with zero attached hydrogens (tertiary/aromatic N) is 3. The quantitative estimate of drug-likeness (QED) is 0.237. The van der Waals surface area contributed by atoms with E-state index in [9.17, 15) is 0 Å². The Morgan fingerprint density at radius 1 is 1.25 bits per heavy atom. The summed E-state index contributed by atoms with van der Waals surface area (Å²) in [6.45, 7) is 6.65. The van der Waals surface area contributed by atoms with Crippen molar-refractivity contribution >= 4 is 0 Å². The van der Waals surface area contributed by atoms with Gasteiger partial charge in [-0.15, -0.1) is 0 Å². The van der Waals surface area contributed by atoms with Gasteiger partial charge in [-0.25, -0.2) is 0 Å². The Bertz CT molecular complexity index is 463. The molecule has 0 radical (unpaired) electrons. The molecule has 0 amide bonds. The molecule has 0 saturated heterocycles. The van der Waals surface area contributed by atoms with Gasteiger partial charge in [0, 0.05) is 23.4 Å². The molecule has 1 aromatic rings. The second kappa shape index (κ2) is 5.85. The number of benzene rings is 1. The maximum absolute atomic E-state index is 8.11. The molecule has 0 heterocycles. The first kappa shape index (κ1) is 12.2. The van der Waals surface area contributed by atoms with Crippen LogP contribution in [0.15, 0.2) is 17.2 Å². The van der Waals surface area contributed by atoms with E-state index in [0.717, 1.165) is 5.56 Å². The van der Waals surface area contributed by atoms with Crippen molar-refractivity contribution in [3.05, 3.63) is 44.8 Å². The van der Waals surface area contributed by atoms with Crippen LogP contribution in [0.3, 0.4) is 0 Å². The minimum Gasteiger partial charge on any atom is -0.0977 e. The van der Waals surface area contributed by atoms with Gasteiger partial charge in [-0.3, -0.25) is 0 Å². The van der Waals surface area contributed by atoms with Crippen molar-refractivity contribution in [3.8, 4) is 11.8 Å². The lowest BCUT2D eigenvalue weighted by Gasteiger charge is -2.04. The summed E-state index contributed by atoms with van der Waals surface area (Å²) in [7, 11) is 0. The zero-order chi connectivity index (χ0) is 12.0. The maximum Gasteiger partial charge on any atom is 0.0367 e. The highest BCUT2D eigenvalue weighted by molar-refractivity contribution is 5.48. The fourth-order valence-electron chi connectivity index (χ4n) is 1.68. The lowest BCUT2D eigenvalue weighted by molar-refractivity contribution is 1.01. The molecule has 82 valence electrons. The highest BCUT2D eigenvalue weighted by Crippen LogP contribution is 2.14. The van der Waals surface area contributed by atoms with Gasteiger partial charge in [-0.1, -0.05) is 34.7 Å². The van der Waals surface area contributed by atoms with Gasteiger partial charge in [0.1, 0.15) is 0 Å². The molecule has 0 aliphatic heterocycles. The molecular formula is C13H15N3. The van der Waals surface area contributed by atoms with Crippen LogP contribution < -0.4 is 0 Å². The third-order valence-electron chi connectivity index (χ3n) is 2.29. The first-order valence-corrected chi connectivity index (χ1v) is 5.22. The molecule has 0 aliphatic rings. The van der Waals surface area contributed by atoms with Crippen LogP contribution in [0.25, 0.3) is 10.4 Å². The van der Waals surface area contributed by atoms with Crippen LogP contribution in [0.2, 0.25) is 0 Å². The minimum atomic E-state index is 0.438. The van der Waals surface area contributed by atoms with E-state index in [1.807, 2.05) is 0 Å². The highest BCUT2D eigenvalue weighted by Gasteiger charge is 1.99. The predicted molar refractivity (Wildman–Crippen MR) is 66.2 cm³/mol. The molecule has 3 nitrogen and oxygen atoms in total. The van der Waals surface area contributed by atoms with E-state index in [4.69, 9.17) is 5.53 Å². The molecule has 0 bridgehead atoms. The van der Waals surface area contributed by atoms with Crippen LogP contribution in [0.4, 0.5) is 0 Å². The summed E-state index contributed by atoms with van der Waals surface area (Å²) in [6, 6.07) is 4.26. The Labute approximate surface area is 96.1 Å². The van der Waals surface area contributed by atoms with E-state index in [-0.39, 0.29) is 0 Å². The maximum atomic E-state index is 8.11. The highest BCUT2D eigenvalue weighted by atomic mass is 15.1. The lowest BCUT2D eigenvalue weighted by Crippen LogP contribution is -1.89. The van der Waals surface area contributed by atoms with Crippen LogP contribution in [-0.2, 0) is 0 Å². The Kier molecular flexibility index (Phi) is 4.44. The van der Waals surface area contributed by atoms with Crippen molar-refractivity contribution in [1.29, 1.82) is 0 Å². The van der Waals surface area contributed by atoms with Crippen molar-refractivity contribution in [2.24, 2.45) is 5.11 Å². The van der Waals surface area contributed by atoms with Crippen LogP contribution in [0, 0.1) is 32.6 Å². The van der Waals surface area contributed by atoms with Crippen LogP contribution in [0.1, 0.15) is 28.7 Å². The van der Waals surface area contributed by atoms with E-state index in [1.165, 1.54) is 16.7 Å².